The highest BCUT2D eigenvalue weighted by atomic mass is 16.6. The number of nitrogens with zero attached hydrogens (tertiary/aromatic N) is 2. The number of urea groups is 1. The zero-order valence-electron chi connectivity index (χ0n) is 23.5. The Hall–Kier alpha value is -3.30. The fourth-order valence-corrected chi connectivity index (χ4v) is 4.18. The zero-order chi connectivity index (χ0) is 28.5. The van der Waals surface area contributed by atoms with E-state index in [1.807, 2.05) is 13.8 Å². The summed E-state index contributed by atoms with van der Waals surface area (Å²) in [5, 5.41) is 11.9. The largest absolute Gasteiger partial charge is 0.494 e. The van der Waals surface area contributed by atoms with Crippen LogP contribution in [0.2, 0.25) is 0 Å². The molecule has 1 unspecified atom stereocenters. The summed E-state index contributed by atoms with van der Waals surface area (Å²) in [5.74, 6) is 0.958. The Bertz CT molecular complexity index is 963. The number of carboxylic acid groups (broad SMARTS) is 1. The van der Waals surface area contributed by atoms with Crippen molar-refractivity contribution in [3.8, 4) is 5.75 Å². The number of carboxylic acids is 1. The standard InChI is InChI=1S/C28H44N4O6/c1-18(2)24(29)31-26(35)32-14-11-21(12-15-32)19(3)13-16-37-22-9-7-20(8-10-22)17-23(25(33)34)30-27(36)38-28(4,5)6/h7-10,18-19,21,23H,11-17H2,1-6H3,(H,30,36)(H,33,34)(H2,29,31,35)/t19-,23?/m1/s1. The summed E-state index contributed by atoms with van der Waals surface area (Å²) in [5.41, 5.74) is 5.87. The summed E-state index contributed by atoms with van der Waals surface area (Å²) < 4.78 is 11.1. The van der Waals surface area contributed by atoms with E-state index in [1.54, 1.807) is 49.9 Å². The maximum Gasteiger partial charge on any atom is 0.408 e. The molecule has 1 aliphatic rings. The van der Waals surface area contributed by atoms with Crippen LogP contribution in [0.3, 0.4) is 0 Å². The molecule has 3 amide bonds. The molecular weight excluding hydrogens is 488 g/mol. The number of amides is 3. The lowest BCUT2D eigenvalue weighted by atomic mass is 9.84. The van der Waals surface area contributed by atoms with Crippen LogP contribution < -0.4 is 15.8 Å². The SMILES string of the molecule is CC(C)C(N)=NC(=O)N1CCC([C@H](C)CCOc2ccc(CC(NC(=O)OC(C)(C)C)C(=O)O)cc2)CC1. The highest BCUT2D eigenvalue weighted by Crippen LogP contribution is 2.28. The first-order valence-electron chi connectivity index (χ1n) is 13.3. The Labute approximate surface area is 226 Å². The number of carbonyl (C=O) groups excluding carboxylic acids is 2. The molecule has 1 saturated heterocycles. The van der Waals surface area contributed by atoms with E-state index < -0.39 is 23.7 Å². The van der Waals surface area contributed by atoms with Crippen molar-refractivity contribution in [2.75, 3.05) is 19.7 Å². The number of aliphatic carboxylic acids is 1. The molecular formula is C28H44N4O6. The molecule has 1 heterocycles. The number of piperidine rings is 1. The molecule has 0 bridgehead atoms. The van der Waals surface area contributed by atoms with Crippen LogP contribution in [0.15, 0.2) is 29.3 Å². The lowest BCUT2D eigenvalue weighted by molar-refractivity contribution is -0.139. The number of nitrogens with one attached hydrogen (secondary N) is 1. The maximum absolute atomic E-state index is 12.3. The normalized spacial score (nSPS) is 16.6. The van der Waals surface area contributed by atoms with Gasteiger partial charge in [-0.15, -0.1) is 0 Å². The molecule has 0 aliphatic carbocycles. The predicted octanol–water partition coefficient (Wildman–Crippen LogP) is 4.46. The van der Waals surface area contributed by atoms with Gasteiger partial charge in [-0.05, 0) is 69.6 Å². The molecule has 2 atom stereocenters. The highest BCUT2D eigenvalue weighted by Gasteiger charge is 2.27. The monoisotopic (exact) mass is 532 g/mol. The molecule has 212 valence electrons. The molecule has 0 radical (unpaired) electrons. The summed E-state index contributed by atoms with van der Waals surface area (Å²) in [4.78, 5) is 41.7. The van der Waals surface area contributed by atoms with Crippen LogP contribution >= 0.6 is 0 Å². The molecule has 1 aromatic carbocycles. The molecule has 10 nitrogen and oxygen atoms in total. The van der Waals surface area contributed by atoms with Gasteiger partial charge < -0.3 is 30.5 Å². The second-order valence-electron chi connectivity index (χ2n) is 11.3. The third-order valence-electron chi connectivity index (χ3n) is 6.63. The fraction of sp³-hybridized carbons (Fsp3) is 0.643. The van der Waals surface area contributed by atoms with Gasteiger partial charge in [0.05, 0.1) is 6.61 Å². The van der Waals surface area contributed by atoms with Gasteiger partial charge in [-0.2, -0.15) is 4.99 Å². The number of aliphatic imine (C=N–C) groups is 1. The molecule has 4 N–H and O–H groups in total. The van der Waals surface area contributed by atoms with Gasteiger partial charge in [-0.25, -0.2) is 14.4 Å². The summed E-state index contributed by atoms with van der Waals surface area (Å²) >= 11 is 0. The maximum atomic E-state index is 12.3. The number of rotatable bonds is 10. The minimum absolute atomic E-state index is 0.0514. The number of nitrogens with two attached hydrogens (primary N) is 1. The lowest BCUT2D eigenvalue weighted by Gasteiger charge is -2.34. The van der Waals surface area contributed by atoms with Crippen LogP contribution in [0.25, 0.3) is 0 Å². The number of ether oxygens (including phenoxy) is 2. The summed E-state index contributed by atoms with van der Waals surface area (Å²) in [6.45, 7) is 13.1. The molecule has 1 fully saturated rings. The average molecular weight is 533 g/mol. The molecule has 0 aromatic heterocycles. The first-order chi connectivity index (χ1) is 17.7. The third kappa shape index (κ3) is 10.6. The summed E-state index contributed by atoms with van der Waals surface area (Å²) in [7, 11) is 0. The number of benzene rings is 1. The van der Waals surface area contributed by atoms with Crippen LogP contribution in [-0.2, 0) is 16.0 Å². The average Bonchev–Trinajstić information content (AvgIpc) is 2.83. The van der Waals surface area contributed by atoms with E-state index in [1.165, 1.54) is 0 Å². The summed E-state index contributed by atoms with van der Waals surface area (Å²) in [6.07, 6.45) is 2.12. The Morgan fingerprint density at radius 3 is 2.26 bits per heavy atom. The Balaban J connectivity index is 1.77. The lowest BCUT2D eigenvalue weighted by Crippen LogP contribution is -2.44. The highest BCUT2D eigenvalue weighted by molar-refractivity contribution is 5.93. The van der Waals surface area contributed by atoms with Gasteiger partial charge in [-0.1, -0.05) is 32.9 Å². The molecule has 10 heteroatoms. The Morgan fingerprint density at radius 2 is 1.74 bits per heavy atom. The quantitative estimate of drug-likeness (QED) is 0.298. The Morgan fingerprint density at radius 1 is 1.13 bits per heavy atom. The van der Waals surface area contributed by atoms with Crippen LogP contribution in [-0.4, -0.2) is 65.3 Å². The van der Waals surface area contributed by atoms with Crippen molar-refractivity contribution in [2.24, 2.45) is 28.5 Å². The van der Waals surface area contributed by atoms with E-state index in [0.29, 0.717) is 43.1 Å². The number of hydrogen-bond acceptors (Lipinski definition) is 5. The van der Waals surface area contributed by atoms with Gasteiger partial charge in [0.2, 0.25) is 0 Å². The van der Waals surface area contributed by atoms with Crippen LogP contribution in [0.5, 0.6) is 5.75 Å². The van der Waals surface area contributed by atoms with E-state index >= 15 is 0 Å². The molecule has 38 heavy (non-hydrogen) atoms. The molecule has 1 aromatic rings. The van der Waals surface area contributed by atoms with E-state index in [-0.39, 0.29) is 18.4 Å². The van der Waals surface area contributed by atoms with E-state index in [2.05, 4.69) is 17.2 Å². The van der Waals surface area contributed by atoms with Crippen molar-refractivity contribution < 1.29 is 29.0 Å². The molecule has 0 spiro atoms. The van der Waals surface area contributed by atoms with Gasteiger partial charge in [0.15, 0.2) is 0 Å². The first kappa shape index (κ1) is 30.9. The second-order valence-corrected chi connectivity index (χ2v) is 11.3. The molecule has 2 rings (SSSR count). The van der Waals surface area contributed by atoms with Crippen LogP contribution in [0.4, 0.5) is 9.59 Å². The van der Waals surface area contributed by atoms with Gasteiger partial charge in [-0.3, -0.25) is 0 Å². The third-order valence-corrected chi connectivity index (χ3v) is 6.63. The van der Waals surface area contributed by atoms with Crippen molar-refractivity contribution in [2.45, 2.75) is 78.9 Å². The van der Waals surface area contributed by atoms with Crippen molar-refractivity contribution in [1.29, 1.82) is 0 Å². The van der Waals surface area contributed by atoms with Gasteiger partial charge in [0.1, 0.15) is 23.2 Å². The van der Waals surface area contributed by atoms with Gasteiger partial charge in [0.25, 0.3) is 0 Å². The van der Waals surface area contributed by atoms with Crippen LogP contribution in [0, 0.1) is 17.8 Å². The zero-order valence-corrected chi connectivity index (χ0v) is 23.5. The number of carbonyl (C=O) groups is 3. The number of amidine groups is 1. The number of hydrogen-bond donors (Lipinski definition) is 3. The molecule has 0 saturated carbocycles. The van der Waals surface area contributed by atoms with Crippen molar-refractivity contribution >= 4 is 23.9 Å². The second kappa shape index (κ2) is 14.0. The predicted molar refractivity (Wildman–Crippen MR) is 146 cm³/mol. The van der Waals surface area contributed by atoms with E-state index in [4.69, 9.17) is 15.2 Å². The van der Waals surface area contributed by atoms with Crippen molar-refractivity contribution in [1.82, 2.24) is 10.2 Å². The molecule has 1 aliphatic heterocycles. The number of alkyl carbamates (subject to hydrolysis) is 1. The Kier molecular flexibility index (Phi) is 11.4. The minimum Gasteiger partial charge on any atom is -0.494 e. The van der Waals surface area contributed by atoms with E-state index in [0.717, 1.165) is 24.8 Å². The van der Waals surface area contributed by atoms with Crippen molar-refractivity contribution in [3.63, 3.8) is 0 Å². The summed E-state index contributed by atoms with van der Waals surface area (Å²) in [6, 6.07) is 5.86. The smallest absolute Gasteiger partial charge is 0.408 e. The number of likely N-dealkylation sites (tertiary alicyclic amines) is 1. The van der Waals surface area contributed by atoms with Crippen molar-refractivity contribution in [3.05, 3.63) is 29.8 Å². The van der Waals surface area contributed by atoms with Crippen LogP contribution in [0.1, 0.15) is 66.4 Å². The van der Waals surface area contributed by atoms with Gasteiger partial charge >= 0.3 is 18.1 Å². The van der Waals surface area contributed by atoms with E-state index in [9.17, 15) is 19.5 Å². The van der Waals surface area contributed by atoms with Gasteiger partial charge in [0, 0.05) is 25.4 Å². The topological polar surface area (TPSA) is 144 Å². The first-order valence-corrected chi connectivity index (χ1v) is 13.3. The fourth-order valence-electron chi connectivity index (χ4n) is 4.18. The minimum atomic E-state index is -1.13.